The second-order valence-electron chi connectivity index (χ2n) is 3.73. The average Bonchev–Trinajstić information content (AvgIpc) is 2.32. The van der Waals surface area contributed by atoms with E-state index in [4.69, 9.17) is 0 Å². The van der Waals surface area contributed by atoms with Crippen molar-refractivity contribution in [3.63, 3.8) is 0 Å². The Balaban J connectivity index is 3.08. The lowest BCUT2D eigenvalue weighted by Crippen LogP contribution is -2.00. The standard InChI is InChI=1S/C11H8N2O5/c1-6-9(12(15)16)10(13(17)18)7-4-2-3-5-8(7)11(6)14/h2-5,14H,1H3. The predicted molar refractivity (Wildman–Crippen MR) is 63.7 cm³/mol. The maximum atomic E-state index is 11.0. The van der Waals surface area contributed by atoms with Crippen molar-refractivity contribution >= 4 is 22.1 Å². The number of fused-ring (bicyclic) bond motifs is 1. The van der Waals surface area contributed by atoms with Crippen LogP contribution in [-0.2, 0) is 0 Å². The molecule has 0 unspecified atom stereocenters. The number of phenols is 1. The summed E-state index contributed by atoms with van der Waals surface area (Å²) in [6.07, 6.45) is 0. The van der Waals surface area contributed by atoms with Gasteiger partial charge in [-0.05, 0) is 13.0 Å². The van der Waals surface area contributed by atoms with E-state index in [0.29, 0.717) is 0 Å². The second kappa shape index (κ2) is 3.95. The summed E-state index contributed by atoms with van der Waals surface area (Å²) in [5, 5.41) is 32.1. The van der Waals surface area contributed by atoms with Gasteiger partial charge < -0.3 is 5.11 Å². The van der Waals surface area contributed by atoms with Crippen LogP contribution in [0, 0.1) is 27.2 Å². The number of rotatable bonds is 2. The zero-order chi connectivity index (χ0) is 13.4. The summed E-state index contributed by atoms with van der Waals surface area (Å²) in [5.41, 5.74) is -1.37. The van der Waals surface area contributed by atoms with E-state index in [1.165, 1.54) is 25.1 Å². The highest BCUT2D eigenvalue weighted by molar-refractivity contribution is 6.00. The molecule has 0 amide bonds. The lowest BCUT2D eigenvalue weighted by molar-refractivity contribution is -0.421. The molecule has 1 N–H and O–H groups in total. The normalized spacial score (nSPS) is 10.5. The predicted octanol–water partition coefficient (Wildman–Crippen LogP) is 2.67. The van der Waals surface area contributed by atoms with Gasteiger partial charge in [0.05, 0.1) is 20.8 Å². The maximum absolute atomic E-state index is 11.0. The largest absolute Gasteiger partial charge is 0.507 e. The second-order valence-corrected chi connectivity index (χ2v) is 3.73. The molecule has 7 heteroatoms. The minimum Gasteiger partial charge on any atom is -0.507 e. The maximum Gasteiger partial charge on any atom is 0.354 e. The number of nitro benzene ring substituents is 2. The number of benzene rings is 2. The summed E-state index contributed by atoms with van der Waals surface area (Å²) in [4.78, 5) is 20.3. The van der Waals surface area contributed by atoms with Crippen LogP contribution in [0.25, 0.3) is 10.8 Å². The lowest BCUT2D eigenvalue weighted by atomic mass is 10.0. The average molecular weight is 248 g/mol. The van der Waals surface area contributed by atoms with Crippen molar-refractivity contribution in [2.45, 2.75) is 6.92 Å². The summed E-state index contributed by atoms with van der Waals surface area (Å²) >= 11 is 0. The first kappa shape index (κ1) is 11.8. The Hall–Kier alpha value is -2.70. The molecule has 0 radical (unpaired) electrons. The van der Waals surface area contributed by atoms with E-state index in [0.717, 1.165) is 0 Å². The Morgan fingerprint density at radius 1 is 1.00 bits per heavy atom. The summed E-state index contributed by atoms with van der Waals surface area (Å²) < 4.78 is 0. The summed E-state index contributed by atoms with van der Waals surface area (Å²) in [6, 6.07) is 5.97. The molecule has 0 fully saturated rings. The van der Waals surface area contributed by atoms with Crippen molar-refractivity contribution in [2.75, 3.05) is 0 Å². The van der Waals surface area contributed by atoms with E-state index in [-0.39, 0.29) is 22.1 Å². The number of nitro groups is 2. The molecule has 2 aromatic carbocycles. The van der Waals surface area contributed by atoms with Gasteiger partial charge >= 0.3 is 11.4 Å². The van der Waals surface area contributed by atoms with E-state index in [2.05, 4.69) is 0 Å². The molecule has 0 saturated carbocycles. The molecular weight excluding hydrogens is 240 g/mol. The highest BCUT2D eigenvalue weighted by atomic mass is 16.6. The van der Waals surface area contributed by atoms with Crippen LogP contribution in [0.3, 0.4) is 0 Å². The molecule has 0 spiro atoms. The number of nitrogens with zero attached hydrogens (tertiary/aromatic N) is 2. The third-order valence-corrected chi connectivity index (χ3v) is 2.74. The lowest BCUT2D eigenvalue weighted by Gasteiger charge is -2.06. The van der Waals surface area contributed by atoms with Crippen LogP contribution in [0.15, 0.2) is 24.3 Å². The quantitative estimate of drug-likeness (QED) is 0.649. The molecule has 92 valence electrons. The molecule has 0 aliphatic rings. The topological polar surface area (TPSA) is 107 Å². The van der Waals surface area contributed by atoms with Gasteiger partial charge in [0, 0.05) is 5.39 Å². The summed E-state index contributed by atoms with van der Waals surface area (Å²) in [6.45, 7) is 1.28. The number of phenolic OH excluding ortho intramolecular Hbond substituents is 1. The smallest absolute Gasteiger partial charge is 0.354 e. The Labute approximate surface area is 101 Å². The van der Waals surface area contributed by atoms with Crippen molar-refractivity contribution in [1.29, 1.82) is 0 Å². The van der Waals surface area contributed by atoms with Crippen molar-refractivity contribution in [2.24, 2.45) is 0 Å². The van der Waals surface area contributed by atoms with Gasteiger partial charge in [0.1, 0.15) is 5.75 Å². The van der Waals surface area contributed by atoms with Crippen LogP contribution in [0.5, 0.6) is 5.75 Å². The first-order valence-electron chi connectivity index (χ1n) is 4.98. The molecular formula is C11H8N2O5. The van der Waals surface area contributed by atoms with Crippen molar-refractivity contribution in [1.82, 2.24) is 0 Å². The van der Waals surface area contributed by atoms with Crippen molar-refractivity contribution in [3.05, 3.63) is 50.1 Å². The van der Waals surface area contributed by atoms with Crippen LogP contribution < -0.4 is 0 Å². The molecule has 2 rings (SSSR count). The van der Waals surface area contributed by atoms with E-state index < -0.39 is 21.2 Å². The molecule has 2 aromatic rings. The fourth-order valence-electron chi connectivity index (χ4n) is 1.92. The van der Waals surface area contributed by atoms with E-state index in [9.17, 15) is 25.3 Å². The first-order chi connectivity index (χ1) is 8.45. The van der Waals surface area contributed by atoms with Crippen LogP contribution in [0.2, 0.25) is 0 Å². The van der Waals surface area contributed by atoms with Gasteiger partial charge in [-0.25, -0.2) is 0 Å². The van der Waals surface area contributed by atoms with Crippen molar-refractivity contribution in [3.8, 4) is 5.75 Å². The Morgan fingerprint density at radius 3 is 2.00 bits per heavy atom. The molecule has 0 heterocycles. The third kappa shape index (κ3) is 1.53. The van der Waals surface area contributed by atoms with Gasteiger partial charge in [-0.15, -0.1) is 0 Å². The van der Waals surface area contributed by atoms with Gasteiger partial charge in [-0.1, -0.05) is 18.2 Å². The monoisotopic (exact) mass is 248 g/mol. The number of aromatic hydroxyl groups is 1. The van der Waals surface area contributed by atoms with Crippen molar-refractivity contribution < 1.29 is 15.0 Å². The third-order valence-electron chi connectivity index (χ3n) is 2.74. The Morgan fingerprint density at radius 2 is 1.50 bits per heavy atom. The van der Waals surface area contributed by atoms with Crippen LogP contribution in [0.1, 0.15) is 5.56 Å². The van der Waals surface area contributed by atoms with Gasteiger partial charge in [-0.2, -0.15) is 0 Å². The first-order valence-corrected chi connectivity index (χ1v) is 4.98. The SMILES string of the molecule is Cc1c([N+](=O)[O-])c([N+](=O)[O-])c2ccccc2c1O. The number of hydrogen-bond donors (Lipinski definition) is 1. The molecule has 18 heavy (non-hydrogen) atoms. The Kier molecular flexibility index (Phi) is 2.59. The minimum atomic E-state index is -0.848. The van der Waals surface area contributed by atoms with Gasteiger partial charge in [0.2, 0.25) is 0 Å². The van der Waals surface area contributed by atoms with E-state index in [1.54, 1.807) is 6.07 Å². The van der Waals surface area contributed by atoms with Crippen LogP contribution in [-0.4, -0.2) is 15.0 Å². The molecule has 7 nitrogen and oxygen atoms in total. The van der Waals surface area contributed by atoms with Gasteiger partial charge in [0.15, 0.2) is 0 Å². The highest BCUT2D eigenvalue weighted by Gasteiger charge is 2.32. The molecule has 0 aromatic heterocycles. The molecule has 0 aliphatic heterocycles. The van der Waals surface area contributed by atoms with Gasteiger partial charge in [0.25, 0.3) is 0 Å². The van der Waals surface area contributed by atoms with Crippen LogP contribution >= 0.6 is 0 Å². The molecule has 0 atom stereocenters. The van der Waals surface area contributed by atoms with E-state index >= 15 is 0 Å². The summed E-state index contributed by atoms with van der Waals surface area (Å²) in [5.74, 6) is -0.303. The minimum absolute atomic E-state index is 0.0531. The highest BCUT2D eigenvalue weighted by Crippen LogP contribution is 2.43. The molecule has 0 aliphatic carbocycles. The zero-order valence-corrected chi connectivity index (χ0v) is 9.28. The molecule has 0 bridgehead atoms. The fourth-order valence-corrected chi connectivity index (χ4v) is 1.92. The fraction of sp³-hybridized carbons (Fsp3) is 0.0909. The zero-order valence-electron chi connectivity index (χ0n) is 9.28. The number of hydrogen-bond acceptors (Lipinski definition) is 5. The Bertz CT molecular complexity index is 681. The molecule has 0 saturated heterocycles. The van der Waals surface area contributed by atoms with Gasteiger partial charge in [-0.3, -0.25) is 20.2 Å². The van der Waals surface area contributed by atoms with Crippen LogP contribution in [0.4, 0.5) is 11.4 Å². The van der Waals surface area contributed by atoms with E-state index in [1.807, 2.05) is 0 Å². The summed E-state index contributed by atoms with van der Waals surface area (Å²) in [7, 11) is 0.